The van der Waals surface area contributed by atoms with Gasteiger partial charge >= 0.3 is 16.7 Å². The predicted octanol–water partition coefficient (Wildman–Crippen LogP) is 3.66. The molecular formula is C26H23N2O5S+. The molecule has 34 heavy (non-hydrogen) atoms. The van der Waals surface area contributed by atoms with Crippen molar-refractivity contribution in [3.05, 3.63) is 89.2 Å². The van der Waals surface area contributed by atoms with E-state index in [0.717, 1.165) is 5.39 Å². The summed E-state index contributed by atoms with van der Waals surface area (Å²) in [5.41, 5.74) is 1.81. The van der Waals surface area contributed by atoms with Crippen LogP contribution in [0, 0.1) is 0 Å². The number of amides is 1. The van der Waals surface area contributed by atoms with Crippen LogP contribution >= 0.6 is 11.8 Å². The molecule has 0 aliphatic carbocycles. The number of thioether (sulfide) groups is 1. The van der Waals surface area contributed by atoms with Crippen LogP contribution in [-0.2, 0) is 4.79 Å². The van der Waals surface area contributed by atoms with Gasteiger partial charge in [0.2, 0.25) is 0 Å². The highest BCUT2D eigenvalue weighted by Gasteiger charge is 2.21. The molecule has 0 fully saturated rings. The topological polar surface area (TPSA) is 86.9 Å². The third-order valence-corrected chi connectivity index (χ3v) is 5.91. The number of furan rings is 1. The fraction of sp³-hybridized carbons (Fsp3) is 0.115. The molecule has 0 radical (unpaired) electrons. The van der Waals surface area contributed by atoms with Crippen molar-refractivity contribution in [2.45, 2.75) is 0 Å². The maximum absolute atomic E-state index is 12.6. The van der Waals surface area contributed by atoms with Gasteiger partial charge in [0.15, 0.2) is 0 Å². The summed E-state index contributed by atoms with van der Waals surface area (Å²) in [6, 6.07) is 18.1. The number of carbonyl (C=O) groups excluding carboxylic acids is 1. The van der Waals surface area contributed by atoms with Crippen LogP contribution in [0.25, 0.3) is 28.2 Å². The number of para-hydroxylation sites is 1. The first-order valence-electron chi connectivity index (χ1n) is 10.4. The van der Waals surface area contributed by atoms with Gasteiger partial charge in [-0.15, -0.1) is 0 Å². The van der Waals surface area contributed by atoms with Crippen molar-refractivity contribution in [1.29, 1.82) is 0 Å². The minimum absolute atomic E-state index is 0.217. The number of rotatable bonds is 5. The number of methoxy groups -OCH3 is 1. The molecule has 2 aromatic heterocycles. The van der Waals surface area contributed by atoms with Gasteiger partial charge in [0.05, 0.1) is 26.0 Å². The molecule has 0 spiro atoms. The summed E-state index contributed by atoms with van der Waals surface area (Å²) in [7, 11) is 3.22. The minimum atomic E-state index is -0.442. The molecule has 4 aromatic rings. The molecule has 0 aliphatic rings. The number of ether oxygens (including phenoxy) is 1. The first-order chi connectivity index (χ1) is 16.5. The molecule has 0 bridgehead atoms. The highest BCUT2D eigenvalue weighted by Crippen LogP contribution is 2.31. The zero-order chi connectivity index (χ0) is 24.1. The van der Waals surface area contributed by atoms with Crippen LogP contribution in [-0.4, -0.2) is 36.4 Å². The Morgan fingerprint density at radius 1 is 1.09 bits per heavy atom. The molecule has 2 aromatic carbocycles. The van der Waals surface area contributed by atoms with Gasteiger partial charge in [0.25, 0.3) is 0 Å². The number of likely N-dealkylation sites (N-methyl/N-ethyl adjacent to an activating group) is 1. The third kappa shape index (κ3) is 4.97. The molecule has 0 aliphatic heterocycles. The molecular weight excluding hydrogens is 452 g/mol. The fourth-order valence-corrected chi connectivity index (χ4v) is 3.97. The lowest BCUT2D eigenvalue weighted by atomic mass is 10.0. The summed E-state index contributed by atoms with van der Waals surface area (Å²) < 4.78 is 16.3. The van der Waals surface area contributed by atoms with Crippen molar-refractivity contribution in [3.8, 4) is 16.9 Å². The van der Waals surface area contributed by atoms with Gasteiger partial charge in [-0.1, -0.05) is 18.2 Å². The molecule has 1 N–H and O–H groups in total. The number of hydrogen-bond donors (Lipinski definition) is 1. The first-order valence-corrected chi connectivity index (χ1v) is 11.6. The lowest BCUT2D eigenvalue weighted by Crippen LogP contribution is -2.69. The second-order valence-electron chi connectivity index (χ2n) is 7.28. The lowest BCUT2D eigenvalue weighted by Gasteiger charge is -2.10. The summed E-state index contributed by atoms with van der Waals surface area (Å²) in [5.74, 6) is 0.879. The summed E-state index contributed by atoms with van der Waals surface area (Å²) in [6.07, 6.45) is 6.48. The largest absolute Gasteiger partial charge is 0.496 e. The van der Waals surface area contributed by atoms with E-state index >= 15 is 0 Å². The maximum Gasteiger partial charge on any atom is 0.344 e. The van der Waals surface area contributed by atoms with Gasteiger partial charge in [-0.3, -0.25) is 0 Å². The number of amidine groups is 1. The van der Waals surface area contributed by atoms with Crippen LogP contribution in [0.15, 0.2) is 86.6 Å². The van der Waals surface area contributed by atoms with Crippen LogP contribution < -0.4 is 15.4 Å². The van der Waals surface area contributed by atoms with E-state index in [1.165, 1.54) is 22.7 Å². The van der Waals surface area contributed by atoms with Crippen LogP contribution in [0.5, 0.6) is 5.75 Å². The molecule has 7 nitrogen and oxygen atoms in total. The van der Waals surface area contributed by atoms with Crippen molar-refractivity contribution >= 4 is 45.6 Å². The number of nitrogens with one attached hydrogen (secondary N) is 1. The van der Waals surface area contributed by atoms with E-state index in [1.807, 2.05) is 30.5 Å². The molecule has 1 amide bonds. The standard InChI is InChI=1S/C26H22N2O5S/c1-28(24(29)13-11-19-8-6-14-32-19)26(34-3)27-18-10-12-20(23(16-18)31-2)21-15-17-7-4-5-9-22(17)33-25(21)30/h4-16H,1-3H3/p+1. The molecule has 8 heteroatoms. The maximum atomic E-state index is 12.6. The molecule has 0 atom stereocenters. The van der Waals surface area contributed by atoms with Crippen LogP contribution in [0.2, 0.25) is 0 Å². The molecule has 172 valence electrons. The van der Waals surface area contributed by atoms with Crippen molar-refractivity contribution in [3.63, 3.8) is 0 Å². The van der Waals surface area contributed by atoms with Gasteiger partial charge in [-0.2, -0.15) is 4.90 Å². The summed E-state index contributed by atoms with van der Waals surface area (Å²) in [6.45, 7) is 0. The Labute approximate surface area is 200 Å². The average molecular weight is 476 g/mol. The quantitative estimate of drug-likeness (QED) is 0.205. The third-order valence-electron chi connectivity index (χ3n) is 5.15. The van der Waals surface area contributed by atoms with Gasteiger partial charge in [0, 0.05) is 23.1 Å². The summed E-state index contributed by atoms with van der Waals surface area (Å²) in [5, 5.41) is 1.44. The first kappa shape index (κ1) is 23.1. The van der Waals surface area contributed by atoms with E-state index in [9.17, 15) is 9.59 Å². The summed E-state index contributed by atoms with van der Waals surface area (Å²) >= 11 is 1.39. The fourth-order valence-electron chi connectivity index (χ4n) is 3.39. The van der Waals surface area contributed by atoms with Crippen LogP contribution in [0.1, 0.15) is 5.76 Å². The smallest absolute Gasteiger partial charge is 0.344 e. The van der Waals surface area contributed by atoms with E-state index in [1.54, 1.807) is 62.9 Å². The van der Waals surface area contributed by atoms with E-state index in [2.05, 4.69) is 4.99 Å². The highest BCUT2D eigenvalue weighted by molar-refractivity contribution is 8.12. The number of hydrogen-bond acceptors (Lipinski definition) is 6. The van der Waals surface area contributed by atoms with Crippen LogP contribution in [0.3, 0.4) is 0 Å². The monoisotopic (exact) mass is 475 g/mol. The molecule has 2 heterocycles. The Bertz CT molecular complexity index is 1440. The highest BCUT2D eigenvalue weighted by atomic mass is 32.2. The van der Waals surface area contributed by atoms with E-state index in [4.69, 9.17) is 13.6 Å². The van der Waals surface area contributed by atoms with Crippen molar-refractivity contribution < 1.29 is 23.4 Å². The Morgan fingerprint density at radius 3 is 2.65 bits per heavy atom. The SMILES string of the molecule is COc1cc([NH+]=C(SC)N(C)C(=O)C=Cc2ccco2)ccc1-c1cc2ccccc2oc1=O. The Morgan fingerprint density at radius 2 is 1.91 bits per heavy atom. The van der Waals surface area contributed by atoms with Crippen molar-refractivity contribution in [1.82, 2.24) is 4.90 Å². The zero-order valence-electron chi connectivity index (χ0n) is 18.9. The Kier molecular flexibility index (Phi) is 6.98. The molecule has 0 saturated heterocycles. The van der Waals surface area contributed by atoms with Crippen LogP contribution in [0.4, 0.5) is 5.69 Å². The minimum Gasteiger partial charge on any atom is -0.496 e. The summed E-state index contributed by atoms with van der Waals surface area (Å²) in [4.78, 5) is 30.0. The molecule has 0 saturated carbocycles. The van der Waals surface area contributed by atoms with E-state index < -0.39 is 5.63 Å². The molecule has 4 rings (SSSR count). The second kappa shape index (κ2) is 10.3. The van der Waals surface area contributed by atoms with Gasteiger partial charge in [-0.05, 0) is 60.5 Å². The normalized spacial score (nSPS) is 11.8. The Hall–Kier alpha value is -4.04. The van der Waals surface area contributed by atoms with Crippen molar-refractivity contribution in [2.24, 2.45) is 0 Å². The predicted molar refractivity (Wildman–Crippen MR) is 134 cm³/mol. The second-order valence-corrected chi connectivity index (χ2v) is 8.08. The van der Waals surface area contributed by atoms with E-state index in [-0.39, 0.29) is 5.91 Å². The lowest BCUT2D eigenvalue weighted by molar-refractivity contribution is -0.356. The Balaban J connectivity index is 1.64. The van der Waals surface area contributed by atoms with Crippen molar-refractivity contribution in [2.75, 3.05) is 20.4 Å². The van der Waals surface area contributed by atoms with Gasteiger partial charge in [-0.25, -0.2) is 14.6 Å². The number of fused-ring (bicyclic) bond motifs is 1. The number of nitrogens with zero attached hydrogens (tertiary/aromatic N) is 1. The van der Waals surface area contributed by atoms with E-state index in [0.29, 0.717) is 39.1 Å². The molecule has 0 unspecified atom stereocenters. The zero-order valence-corrected chi connectivity index (χ0v) is 19.7. The van der Waals surface area contributed by atoms with Gasteiger partial charge < -0.3 is 13.6 Å². The average Bonchev–Trinajstić information content (AvgIpc) is 3.38. The number of benzene rings is 2. The number of carbonyl (C=O) groups is 1. The van der Waals surface area contributed by atoms with Gasteiger partial charge in [0.1, 0.15) is 22.8 Å².